The van der Waals surface area contributed by atoms with Crippen molar-refractivity contribution >= 4 is 93.0 Å². The van der Waals surface area contributed by atoms with Crippen LogP contribution in [0, 0.1) is 61.3 Å². The fraction of sp³-hybridized carbons (Fsp3) is 0.398. The highest BCUT2D eigenvalue weighted by molar-refractivity contribution is 7.91. The summed E-state index contributed by atoms with van der Waals surface area (Å²) in [5.74, 6) is 1.67. The average molecular weight is 1900 g/mol. The monoisotopic (exact) mass is 1900 g/mol. The van der Waals surface area contributed by atoms with Gasteiger partial charge in [0.25, 0.3) is 45.9 Å². The van der Waals surface area contributed by atoms with Crippen LogP contribution in [0.2, 0.25) is 0 Å². The number of aryl methyl sites for hydroxylation is 4. The third-order valence-electron chi connectivity index (χ3n) is 26.0. The molecule has 4 amide bonds. The number of hydrogen-bond donors (Lipinski definition) is 10. The van der Waals surface area contributed by atoms with Gasteiger partial charge in [0, 0.05) is 167 Å². The van der Waals surface area contributed by atoms with Crippen molar-refractivity contribution in [1.29, 1.82) is 0 Å². The van der Waals surface area contributed by atoms with Gasteiger partial charge in [-0.25, -0.2) is 36.1 Å². The van der Waals surface area contributed by atoms with E-state index in [1.165, 1.54) is 51.6 Å². The summed E-state index contributed by atoms with van der Waals surface area (Å²) in [4.78, 5) is 130. The number of morpholine rings is 1. The molecular formula is C98H121N19O17S2. The number of nitrogens with one attached hydrogen (secondary N) is 10. The van der Waals surface area contributed by atoms with Crippen molar-refractivity contribution in [2.75, 3.05) is 105 Å². The minimum atomic E-state index is -3.28. The molecule has 136 heavy (non-hydrogen) atoms. The summed E-state index contributed by atoms with van der Waals surface area (Å²) in [6.45, 7) is 31.4. The van der Waals surface area contributed by atoms with Crippen LogP contribution in [0.3, 0.4) is 0 Å². The van der Waals surface area contributed by atoms with Crippen LogP contribution in [-0.4, -0.2) is 209 Å². The number of pyridine rings is 5. The highest BCUT2D eigenvalue weighted by Crippen LogP contribution is 2.39. The molecule has 0 bridgehead atoms. The molecule has 10 aromatic heterocycles. The van der Waals surface area contributed by atoms with Gasteiger partial charge in [0.05, 0.1) is 141 Å². The molecule has 10 N–H and O–H groups in total. The zero-order valence-corrected chi connectivity index (χ0v) is 81.8. The maximum absolute atomic E-state index is 13.6. The first kappa shape index (κ1) is 99.9. The van der Waals surface area contributed by atoms with Crippen molar-refractivity contribution in [3.63, 3.8) is 0 Å². The zero-order chi connectivity index (χ0) is 98.2. The highest BCUT2D eigenvalue weighted by Gasteiger charge is 2.40. The summed E-state index contributed by atoms with van der Waals surface area (Å²) in [6.07, 6.45) is 7.38. The van der Waals surface area contributed by atoms with Gasteiger partial charge in [-0.1, -0.05) is 54.6 Å². The predicted molar refractivity (Wildman–Crippen MR) is 524 cm³/mol. The standard InChI is InChI=1S/C29H34N6O3.C24H30N4O5S.C23H29N3O5S.C22H28N6O4/c1-18-15-25(38-4)23(28(36)33-18)17-32-29(37)27-20(3)35(24-8-6-5-7-22(24)27)19(2)21-9-10-31-26(16-21)34-13-11-30-12-14-34;1-14-10-21(33-4)19(23(29)26-14)11-25-24(30)22-16(3)28(20-9-7-6-8-18(20)22)15(2)17-12-27(13-17)34(5,31)32;1-13-11-20(31-5)18(22(27)25-13)12-24-23(28)21-15(3)26(14(2)16(4)32(6,29)30)19-10-8-7-9-17(19)21;1-12-7-17(31-4)15(21(29)27-12)9-25-22(30)19-14(3)28(20-16(19)8-24-11-26-20)13(2)18-10-23-5-6-32-18/h5-10,15-16,19,30H,11-14,17H2,1-4H3,(H,32,37)(H,33,36);6-10,15,17H,11-13H2,1-5H3,(H,25,30)(H,26,29);7-11,14,16H,12H2,1-6H3,(H,24,28)(H,25,27);7-8,11,13,18,23H,5-6,9-10H2,1-4H3,(H,25,30)(H,27,29)/t;;;13-,18?/m...1/s1. The molecule has 3 aliphatic rings. The van der Waals surface area contributed by atoms with Crippen molar-refractivity contribution in [2.45, 2.75) is 152 Å². The van der Waals surface area contributed by atoms with Gasteiger partial charge in [-0.3, -0.25) is 38.4 Å². The van der Waals surface area contributed by atoms with Crippen molar-refractivity contribution in [1.82, 2.24) is 89.4 Å². The van der Waals surface area contributed by atoms with E-state index in [9.17, 15) is 55.2 Å². The number of aromatic nitrogens is 11. The number of ether oxygens (including phenoxy) is 5. The molecule has 13 heterocycles. The lowest BCUT2D eigenvalue weighted by Crippen LogP contribution is -2.52. The van der Waals surface area contributed by atoms with Crippen molar-refractivity contribution in [3.8, 4) is 23.0 Å². The number of rotatable bonds is 27. The number of fused-ring (bicyclic) bond motifs is 4. The summed E-state index contributed by atoms with van der Waals surface area (Å²) in [6, 6.07) is 33.7. The van der Waals surface area contributed by atoms with Gasteiger partial charge in [0.2, 0.25) is 10.0 Å². The molecule has 0 aliphatic carbocycles. The number of para-hydroxylation sites is 3. The fourth-order valence-corrected chi connectivity index (χ4v) is 20.3. The molecule has 16 rings (SSSR count). The Hall–Kier alpha value is -13.5. The second-order valence-corrected chi connectivity index (χ2v) is 39.1. The number of nitrogens with zero attached hydrogens (tertiary/aromatic N) is 9. The van der Waals surface area contributed by atoms with Crippen molar-refractivity contribution in [3.05, 3.63) is 265 Å². The van der Waals surface area contributed by atoms with Crippen LogP contribution < -0.4 is 78.0 Å². The van der Waals surface area contributed by atoms with Gasteiger partial charge >= 0.3 is 0 Å². The normalized spacial score (nSPS) is 15.3. The molecule has 3 aromatic carbocycles. The predicted octanol–water partition coefficient (Wildman–Crippen LogP) is 9.74. The van der Waals surface area contributed by atoms with E-state index >= 15 is 0 Å². The first-order chi connectivity index (χ1) is 64.8. The molecular weight excluding hydrogens is 1780 g/mol. The molecule has 3 saturated heterocycles. The number of H-pyrrole nitrogens is 4. The van der Waals surface area contributed by atoms with E-state index in [2.05, 4.69) is 108 Å². The van der Waals surface area contributed by atoms with Crippen LogP contribution >= 0.6 is 0 Å². The first-order valence-corrected chi connectivity index (χ1v) is 48.8. The number of amides is 4. The fourth-order valence-electron chi connectivity index (χ4n) is 18.5. The summed E-state index contributed by atoms with van der Waals surface area (Å²) in [5, 5.41) is 20.7. The Balaban J connectivity index is 0.000000154. The van der Waals surface area contributed by atoms with Crippen LogP contribution in [0.15, 0.2) is 147 Å². The van der Waals surface area contributed by atoms with Crippen molar-refractivity contribution < 1.29 is 59.7 Å². The topological polar surface area (TPSA) is 451 Å². The van der Waals surface area contributed by atoms with Crippen LogP contribution in [0.1, 0.15) is 174 Å². The van der Waals surface area contributed by atoms with Gasteiger partial charge in [0.15, 0.2) is 9.84 Å². The van der Waals surface area contributed by atoms with Crippen LogP contribution in [0.25, 0.3) is 43.7 Å². The molecule has 3 aliphatic heterocycles. The number of piperazine rings is 1. The van der Waals surface area contributed by atoms with E-state index in [1.807, 2.05) is 122 Å². The Morgan fingerprint density at radius 3 is 1.27 bits per heavy atom. The number of sulfone groups is 1. The SMILES string of the molecule is COc1cc(C)[nH]c(=O)c1CNC(=O)c1c(C)n(C(C)C(C)S(C)(=O)=O)c2ccccc12.COc1cc(C)[nH]c(=O)c1CNC(=O)c1c(C)n(C(C)C2CN(S(C)(=O)=O)C2)c2ccccc12.COc1cc(C)[nH]c(=O)c1CNC(=O)c1c(C)n(C(C)c2ccnc(N3CCNCC3)c2)c2ccccc12.COc1cc(C)[nH]c(=O)c1CNC(=O)c1c(C)n([C@H](C)C2CNCCO2)c2ncncc12. The van der Waals surface area contributed by atoms with E-state index in [-0.39, 0.29) is 108 Å². The Kier molecular flexibility index (Phi) is 31.3. The number of hydrogen-bond acceptors (Lipinski definition) is 23. The van der Waals surface area contributed by atoms with Crippen LogP contribution in [0.5, 0.6) is 23.0 Å². The third-order valence-corrected chi connectivity index (χ3v) is 28.9. The molecule has 722 valence electrons. The van der Waals surface area contributed by atoms with Crippen LogP contribution in [-0.2, 0) is 50.8 Å². The quantitative estimate of drug-likeness (QED) is 0.0229. The number of carbonyl (C=O) groups is 4. The average Bonchev–Trinajstić information content (AvgIpc) is 1.60. The van der Waals surface area contributed by atoms with Gasteiger partial charge in [-0.2, -0.15) is 0 Å². The molecule has 3 fully saturated rings. The number of carbonyl (C=O) groups excluding carboxylic acids is 4. The summed E-state index contributed by atoms with van der Waals surface area (Å²) in [5.41, 5.74) is 12.6. The van der Waals surface area contributed by atoms with E-state index in [0.29, 0.717) is 127 Å². The molecule has 5 unspecified atom stereocenters. The minimum Gasteiger partial charge on any atom is -0.496 e. The Labute approximate surface area is 788 Å². The molecule has 0 radical (unpaired) electrons. The lowest BCUT2D eigenvalue weighted by molar-refractivity contribution is 0.0000589. The molecule has 38 heteroatoms. The second-order valence-electron chi connectivity index (χ2n) is 34.7. The Bertz CT molecular complexity index is 7170. The van der Waals surface area contributed by atoms with Crippen LogP contribution in [0.4, 0.5) is 5.82 Å². The third kappa shape index (κ3) is 21.2. The summed E-state index contributed by atoms with van der Waals surface area (Å²) < 4.78 is 85.0. The molecule has 0 saturated carbocycles. The molecule has 36 nitrogen and oxygen atoms in total. The van der Waals surface area contributed by atoms with E-state index in [4.69, 9.17) is 23.7 Å². The van der Waals surface area contributed by atoms with Gasteiger partial charge in [0.1, 0.15) is 40.8 Å². The minimum absolute atomic E-state index is 0.00415. The van der Waals surface area contributed by atoms with E-state index in [0.717, 1.165) is 100 Å². The maximum atomic E-state index is 13.6. The largest absolute Gasteiger partial charge is 0.496 e. The molecule has 6 atom stereocenters. The lowest BCUT2D eigenvalue weighted by atomic mass is 9.94. The number of aromatic amines is 4. The van der Waals surface area contributed by atoms with E-state index < -0.39 is 25.1 Å². The van der Waals surface area contributed by atoms with Crippen molar-refractivity contribution in [2.24, 2.45) is 5.92 Å². The summed E-state index contributed by atoms with van der Waals surface area (Å²) >= 11 is 0. The number of sulfonamides is 1. The highest BCUT2D eigenvalue weighted by atomic mass is 32.2. The van der Waals surface area contributed by atoms with Gasteiger partial charge in [-0.15, -0.1) is 0 Å². The molecule has 0 spiro atoms. The van der Waals surface area contributed by atoms with Gasteiger partial charge < -0.3 is 98.7 Å². The number of methoxy groups -OCH3 is 4. The lowest BCUT2D eigenvalue weighted by Gasteiger charge is -2.41. The Morgan fingerprint density at radius 1 is 0.478 bits per heavy atom. The van der Waals surface area contributed by atoms with E-state index in [1.54, 1.807) is 72.0 Å². The summed E-state index contributed by atoms with van der Waals surface area (Å²) in [7, 11) is -0.501. The van der Waals surface area contributed by atoms with Gasteiger partial charge in [-0.05, 0) is 150 Å². The number of anilines is 1. The Morgan fingerprint density at radius 2 is 0.868 bits per heavy atom. The maximum Gasteiger partial charge on any atom is 0.256 e. The second kappa shape index (κ2) is 42.6. The molecule has 13 aromatic rings. The zero-order valence-electron chi connectivity index (χ0n) is 80.1. The number of benzene rings is 3. The first-order valence-electron chi connectivity index (χ1n) is 45.0. The smallest absolute Gasteiger partial charge is 0.256 e.